The van der Waals surface area contributed by atoms with Crippen LogP contribution >= 0.6 is 23.7 Å². The van der Waals surface area contributed by atoms with Gasteiger partial charge in [0.1, 0.15) is 0 Å². The highest BCUT2D eigenvalue weighted by Crippen LogP contribution is 2.42. The topological polar surface area (TPSA) is 71.4 Å². The standard InChI is InChI=1S/CH5O4P3/c2-6-8(5)1-7(3)4/h7-8H,1H2,(H,3,4). The van der Waals surface area contributed by atoms with Gasteiger partial charge in [0.2, 0.25) is 8.15 Å². The van der Waals surface area contributed by atoms with Crippen molar-refractivity contribution in [3.05, 3.63) is 0 Å². The van der Waals surface area contributed by atoms with Crippen LogP contribution in [0.5, 0.6) is 0 Å². The Balaban J connectivity index is 3.55. The fraction of sp³-hybridized carbons (Fsp3) is 1.00. The summed E-state index contributed by atoms with van der Waals surface area (Å²) in [6.45, 7) is 0. The third-order valence-electron chi connectivity index (χ3n) is 0.404. The van der Waals surface area contributed by atoms with E-state index in [1.807, 2.05) is 0 Å². The fourth-order valence-corrected chi connectivity index (χ4v) is 3.25. The van der Waals surface area contributed by atoms with Gasteiger partial charge in [-0.3, -0.25) is 9.13 Å². The molecule has 8 heavy (non-hydrogen) atoms. The molecule has 0 spiro atoms. The van der Waals surface area contributed by atoms with Crippen molar-refractivity contribution in [3.63, 3.8) is 0 Å². The Hall–Kier alpha value is 0.520. The predicted octanol–water partition coefficient (Wildman–Crippen LogP) is 1.18. The van der Waals surface area contributed by atoms with Crippen LogP contribution in [0.1, 0.15) is 0 Å². The van der Waals surface area contributed by atoms with Crippen LogP contribution in [-0.2, 0) is 13.7 Å². The molecule has 0 bridgehead atoms. The molecule has 48 valence electrons. The average molecular weight is 174 g/mol. The van der Waals surface area contributed by atoms with E-state index < -0.39 is 23.7 Å². The first-order valence-electron chi connectivity index (χ1n) is 1.75. The van der Waals surface area contributed by atoms with E-state index in [1.165, 1.54) is 0 Å². The molecule has 2 unspecified atom stereocenters. The van der Waals surface area contributed by atoms with Crippen LogP contribution in [0.2, 0.25) is 0 Å². The van der Waals surface area contributed by atoms with Crippen LogP contribution in [0.3, 0.4) is 0 Å². The molecule has 0 saturated carbocycles. The molecule has 0 amide bonds. The third kappa shape index (κ3) is 4.67. The Kier molecular flexibility index (Phi) is 4.69. The van der Waals surface area contributed by atoms with Crippen LogP contribution < -0.4 is 0 Å². The van der Waals surface area contributed by atoms with Gasteiger partial charge in [-0.05, 0) is 0 Å². The molecular weight excluding hydrogens is 169 g/mol. The summed E-state index contributed by atoms with van der Waals surface area (Å²) in [5.74, 6) is -0.291. The lowest BCUT2D eigenvalue weighted by Crippen LogP contribution is -1.58. The van der Waals surface area contributed by atoms with Gasteiger partial charge in [-0.2, -0.15) is 0 Å². The second-order valence-electron chi connectivity index (χ2n) is 1.06. The van der Waals surface area contributed by atoms with Crippen molar-refractivity contribution in [2.45, 2.75) is 0 Å². The van der Waals surface area contributed by atoms with Gasteiger partial charge in [0.05, 0.1) is 5.90 Å². The van der Waals surface area contributed by atoms with Crippen molar-refractivity contribution in [2.24, 2.45) is 0 Å². The van der Waals surface area contributed by atoms with E-state index in [2.05, 4.69) is 0 Å². The lowest BCUT2D eigenvalue weighted by Gasteiger charge is -1.82. The molecule has 0 aromatic rings. The Morgan fingerprint density at radius 1 is 1.50 bits per heavy atom. The first kappa shape index (κ1) is 8.52. The summed E-state index contributed by atoms with van der Waals surface area (Å²) in [7, 11) is -5.45. The fourth-order valence-electron chi connectivity index (χ4n) is 0.162. The van der Waals surface area contributed by atoms with E-state index in [9.17, 15) is 13.7 Å². The van der Waals surface area contributed by atoms with Crippen LogP contribution in [0.4, 0.5) is 0 Å². The van der Waals surface area contributed by atoms with Crippen LogP contribution in [-0.4, -0.2) is 10.8 Å². The number of rotatable bonds is 3. The van der Waals surface area contributed by atoms with Gasteiger partial charge in [0, 0.05) is 0 Å². The van der Waals surface area contributed by atoms with E-state index in [1.54, 1.807) is 0 Å². The number of hydrogen-bond donors (Lipinski definition) is 1. The second-order valence-corrected chi connectivity index (χ2v) is 6.27. The van der Waals surface area contributed by atoms with Crippen molar-refractivity contribution in [1.29, 1.82) is 0 Å². The molecule has 0 radical (unpaired) electrons. The molecular formula is CH5O4P3. The summed E-state index contributed by atoms with van der Waals surface area (Å²) in [4.78, 5) is 8.08. The molecule has 4 nitrogen and oxygen atoms in total. The normalized spacial score (nSPS) is 18.1. The van der Waals surface area contributed by atoms with Gasteiger partial charge in [-0.1, -0.05) is 0 Å². The molecule has 0 rings (SSSR count). The van der Waals surface area contributed by atoms with Crippen molar-refractivity contribution in [1.82, 2.24) is 0 Å². The highest BCUT2D eigenvalue weighted by atomic mass is 32.0. The minimum atomic E-state index is -2.67. The predicted molar refractivity (Wildman–Crippen MR) is 32.7 cm³/mol. The molecule has 2 atom stereocenters. The van der Waals surface area contributed by atoms with Crippen LogP contribution in [0.15, 0.2) is 0 Å². The maximum absolute atomic E-state index is 10.1. The zero-order chi connectivity index (χ0) is 6.57. The highest BCUT2D eigenvalue weighted by molar-refractivity contribution is 8.11. The number of hydrogen-bond acceptors (Lipinski definition) is 3. The quantitative estimate of drug-likeness (QED) is 0.651. The lowest BCUT2D eigenvalue weighted by atomic mass is 11.9. The summed E-state index contributed by atoms with van der Waals surface area (Å²) in [6, 6.07) is 0. The largest absolute Gasteiger partial charge is 0.346 e. The van der Waals surface area contributed by atoms with Gasteiger partial charge in [0.25, 0.3) is 0 Å². The van der Waals surface area contributed by atoms with Crippen LogP contribution in [0.25, 0.3) is 0 Å². The second kappa shape index (κ2) is 4.40. The maximum atomic E-state index is 10.1. The van der Waals surface area contributed by atoms with Crippen molar-refractivity contribution >= 4 is 23.7 Å². The zero-order valence-electron chi connectivity index (χ0n) is 3.83. The summed E-state index contributed by atoms with van der Waals surface area (Å²) in [5, 5.41) is 0. The molecule has 0 aromatic carbocycles. The van der Waals surface area contributed by atoms with Crippen LogP contribution in [0, 0.1) is 0 Å². The molecule has 0 aliphatic carbocycles. The van der Waals surface area contributed by atoms with Gasteiger partial charge >= 0.3 is 0 Å². The minimum Gasteiger partial charge on any atom is -0.346 e. The molecule has 0 aromatic heterocycles. The lowest BCUT2D eigenvalue weighted by molar-refractivity contribution is 0.507. The van der Waals surface area contributed by atoms with Gasteiger partial charge in [-0.15, -0.1) is 0 Å². The summed E-state index contributed by atoms with van der Waals surface area (Å²) in [6.07, 6.45) is 0. The Bertz CT molecular complexity index is 129. The maximum Gasteiger partial charge on any atom is 0.219 e. The molecule has 0 aliphatic rings. The highest BCUT2D eigenvalue weighted by Gasteiger charge is 2.00. The Morgan fingerprint density at radius 3 is 2.12 bits per heavy atom. The van der Waals surface area contributed by atoms with Crippen molar-refractivity contribution < 1.29 is 18.6 Å². The van der Waals surface area contributed by atoms with E-state index in [-0.39, 0.29) is 5.90 Å². The summed E-state index contributed by atoms with van der Waals surface area (Å²) in [5.41, 5.74) is 0. The molecule has 7 heteroatoms. The molecule has 0 fully saturated rings. The van der Waals surface area contributed by atoms with E-state index in [4.69, 9.17) is 4.89 Å². The average Bonchev–Trinajstić information content (AvgIpc) is 1.65. The van der Waals surface area contributed by atoms with E-state index in [0.29, 0.717) is 0 Å². The van der Waals surface area contributed by atoms with Gasteiger partial charge in [-0.25, -0.2) is 0 Å². The molecule has 1 N–H and O–H groups in total. The first-order valence-corrected chi connectivity index (χ1v) is 6.58. The van der Waals surface area contributed by atoms with Crippen molar-refractivity contribution in [2.75, 3.05) is 5.90 Å². The van der Waals surface area contributed by atoms with Gasteiger partial charge < -0.3 is 9.46 Å². The first-order chi connectivity index (χ1) is 3.66. The van der Waals surface area contributed by atoms with Crippen molar-refractivity contribution in [3.8, 4) is 0 Å². The SMILES string of the molecule is O=P[PH](=O)C[PH](=O)O. The van der Waals surface area contributed by atoms with Gasteiger partial charge in [0.15, 0.2) is 15.5 Å². The molecule has 0 saturated heterocycles. The molecule has 0 heterocycles. The zero-order valence-corrected chi connectivity index (χ0v) is 6.72. The Labute approximate surface area is 49.0 Å². The summed E-state index contributed by atoms with van der Waals surface area (Å²) < 4.78 is 29.6. The van der Waals surface area contributed by atoms with E-state index in [0.717, 1.165) is 0 Å². The minimum absolute atomic E-state index is 0.291. The Morgan fingerprint density at radius 2 is 2.00 bits per heavy atom. The summed E-state index contributed by atoms with van der Waals surface area (Å²) >= 11 is 0. The third-order valence-corrected chi connectivity index (χ3v) is 5.06. The monoisotopic (exact) mass is 174 g/mol. The molecule has 0 aliphatic heterocycles. The smallest absolute Gasteiger partial charge is 0.219 e. The van der Waals surface area contributed by atoms with E-state index >= 15 is 0 Å².